The normalized spacial score (nSPS) is 29.0. The Hall–Kier alpha value is -1.69. The van der Waals surface area contributed by atoms with Gasteiger partial charge >= 0.3 is 0 Å². The number of anilines is 1. The molecule has 114 valence electrons. The molecule has 1 aliphatic carbocycles. The molecule has 1 aliphatic heterocycles. The molecule has 21 heavy (non-hydrogen) atoms. The number of carbonyl (C=O) groups is 1. The van der Waals surface area contributed by atoms with Crippen LogP contribution in [0.5, 0.6) is 0 Å². The van der Waals surface area contributed by atoms with Crippen LogP contribution >= 0.6 is 0 Å². The van der Waals surface area contributed by atoms with Crippen LogP contribution in [0.15, 0.2) is 18.5 Å². The Morgan fingerprint density at radius 2 is 1.86 bits per heavy atom. The summed E-state index contributed by atoms with van der Waals surface area (Å²) in [4.78, 5) is 20.7. The third-order valence-electron chi connectivity index (χ3n) is 4.35. The van der Waals surface area contributed by atoms with E-state index < -0.39 is 0 Å². The molecule has 0 spiro atoms. The van der Waals surface area contributed by atoms with Crippen molar-refractivity contribution in [1.29, 1.82) is 0 Å². The van der Waals surface area contributed by atoms with Crippen LogP contribution in [-0.4, -0.2) is 40.5 Å². The summed E-state index contributed by atoms with van der Waals surface area (Å²) in [5.41, 5.74) is 0. The van der Waals surface area contributed by atoms with Crippen LogP contribution in [0.25, 0.3) is 0 Å². The maximum absolute atomic E-state index is 12.3. The molecule has 1 unspecified atom stereocenters. The Kier molecular flexibility index (Phi) is 4.65. The van der Waals surface area contributed by atoms with Gasteiger partial charge in [0.2, 0.25) is 11.9 Å². The van der Waals surface area contributed by atoms with E-state index in [9.17, 15) is 4.79 Å². The van der Waals surface area contributed by atoms with Gasteiger partial charge in [0.05, 0.1) is 6.04 Å². The first kappa shape index (κ1) is 14.3. The molecule has 0 aromatic carbocycles. The highest BCUT2D eigenvalue weighted by molar-refractivity contribution is 5.82. The van der Waals surface area contributed by atoms with Gasteiger partial charge in [0, 0.05) is 24.5 Å². The molecule has 0 bridgehead atoms. The van der Waals surface area contributed by atoms with Gasteiger partial charge in [-0.05, 0) is 38.3 Å². The zero-order valence-corrected chi connectivity index (χ0v) is 12.2. The maximum atomic E-state index is 12.3. The molecule has 0 radical (unpaired) electrons. The van der Waals surface area contributed by atoms with Crippen molar-refractivity contribution in [3.63, 3.8) is 0 Å². The SMILES string of the molecule is O=C(N[C@@H]1CCCC[C@H]1Nc1ncccn1)C1CCCN1. The van der Waals surface area contributed by atoms with Crippen LogP contribution in [0, 0.1) is 0 Å². The fourth-order valence-electron chi connectivity index (χ4n) is 3.21. The lowest BCUT2D eigenvalue weighted by Crippen LogP contribution is -2.52. The molecule has 3 N–H and O–H groups in total. The third-order valence-corrected chi connectivity index (χ3v) is 4.35. The van der Waals surface area contributed by atoms with E-state index in [1.54, 1.807) is 18.5 Å². The van der Waals surface area contributed by atoms with E-state index >= 15 is 0 Å². The van der Waals surface area contributed by atoms with Gasteiger partial charge < -0.3 is 16.0 Å². The van der Waals surface area contributed by atoms with Crippen molar-refractivity contribution >= 4 is 11.9 Å². The van der Waals surface area contributed by atoms with Gasteiger partial charge in [-0.15, -0.1) is 0 Å². The van der Waals surface area contributed by atoms with Gasteiger partial charge in [-0.1, -0.05) is 12.8 Å². The third kappa shape index (κ3) is 3.69. The molecule has 6 nitrogen and oxygen atoms in total. The number of hydrogen-bond acceptors (Lipinski definition) is 5. The zero-order chi connectivity index (χ0) is 14.5. The van der Waals surface area contributed by atoms with E-state index in [-0.39, 0.29) is 24.0 Å². The summed E-state index contributed by atoms with van der Waals surface area (Å²) < 4.78 is 0. The van der Waals surface area contributed by atoms with Crippen LogP contribution in [-0.2, 0) is 4.79 Å². The quantitative estimate of drug-likeness (QED) is 0.772. The minimum Gasteiger partial charge on any atom is -0.350 e. The number of carbonyl (C=O) groups excluding carboxylic acids is 1. The van der Waals surface area contributed by atoms with E-state index in [0.29, 0.717) is 5.95 Å². The summed E-state index contributed by atoms with van der Waals surface area (Å²) >= 11 is 0. The Balaban J connectivity index is 1.59. The van der Waals surface area contributed by atoms with Crippen molar-refractivity contribution in [2.75, 3.05) is 11.9 Å². The van der Waals surface area contributed by atoms with Crippen LogP contribution in [0.4, 0.5) is 5.95 Å². The topological polar surface area (TPSA) is 78.9 Å². The van der Waals surface area contributed by atoms with Gasteiger partial charge in [0.1, 0.15) is 0 Å². The van der Waals surface area contributed by atoms with Gasteiger partial charge in [-0.3, -0.25) is 4.79 Å². The summed E-state index contributed by atoms with van der Waals surface area (Å²) in [6.45, 7) is 0.947. The number of amides is 1. The van der Waals surface area contributed by atoms with Gasteiger partial charge in [0.25, 0.3) is 0 Å². The molecule has 6 heteroatoms. The highest BCUT2D eigenvalue weighted by Crippen LogP contribution is 2.21. The smallest absolute Gasteiger partial charge is 0.237 e. The monoisotopic (exact) mass is 289 g/mol. The van der Waals surface area contributed by atoms with Crippen molar-refractivity contribution in [2.45, 2.75) is 56.7 Å². The van der Waals surface area contributed by atoms with Crippen LogP contribution in [0.2, 0.25) is 0 Å². The molecule has 3 rings (SSSR count). The van der Waals surface area contributed by atoms with Gasteiger partial charge in [0.15, 0.2) is 0 Å². The lowest BCUT2D eigenvalue weighted by Gasteiger charge is -2.33. The van der Waals surface area contributed by atoms with Gasteiger partial charge in [-0.25, -0.2) is 9.97 Å². The number of nitrogens with zero attached hydrogens (tertiary/aromatic N) is 2. The highest BCUT2D eigenvalue weighted by atomic mass is 16.2. The Bertz CT molecular complexity index is 460. The Morgan fingerprint density at radius 1 is 1.10 bits per heavy atom. The fraction of sp³-hybridized carbons (Fsp3) is 0.667. The molecule has 3 atom stereocenters. The molecule has 2 heterocycles. The minimum atomic E-state index is -0.0134. The standard InChI is InChI=1S/C15H23N5O/c21-14(13-7-3-8-16-13)19-11-5-1-2-6-12(11)20-15-17-9-4-10-18-15/h4,9-13,16H,1-3,5-8H2,(H,19,21)(H,17,18,20)/t11-,12-,13?/m1/s1. The number of nitrogens with one attached hydrogen (secondary N) is 3. The van der Waals surface area contributed by atoms with Crippen molar-refractivity contribution in [3.05, 3.63) is 18.5 Å². The second-order valence-electron chi connectivity index (χ2n) is 5.87. The van der Waals surface area contributed by atoms with E-state index in [1.807, 2.05) is 0 Å². The molecule has 1 aromatic heterocycles. The lowest BCUT2D eigenvalue weighted by molar-refractivity contribution is -0.123. The summed E-state index contributed by atoms with van der Waals surface area (Å²) in [5.74, 6) is 0.780. The Labute approximate surface area is 125 Å². The van der Waals surface area contributed by atoms with E-state index in [2.05, 4.69) is 25.9 Å². The minimum absolute atomic E-state index is 0.0134. The molecular weight excluding hydrogens is 266 g/mol. The first-order chi connectivity index (χ1) is 10.3. The lowest BCUT2D eigenvalue weighted by atomic mass is 9.90. The first-order valence-corrected chi connectivity index (χ1v) is 7.90. The molecular formula is C15H23N5O. The van der Waals surface area contributed by atoms with Crippen LogP contribution in [0.1, 0.15) is 38.5 Å². The molecule has 1 aromatic rings. The second kappa shape index (κ2) is 6.85. The summed E-state index contributed by atoms with van der Waals surface area (Å²) in [6.07, 6.45) is 9.89. The fourth-order valence-corrected chi connectivity index (χ4v) is 3.21. The molecule has 1 amide bonds. The summed E-state index contributed by atoms with van der Waals surface area (Å²) in [7, 11) is 0. The molecule has 1 saturated carbocycles. The van der Waals surface area contributed by atoms with Crippen molar-refractivity contribution in [2.24, 2.45) is 0 Å². The van der Waals surface area contributed by atoms with Gasteiger partial charge in [-0.2, -0.15) is 0 Å². The average Bonchev–Trinajstić information content (AvgIpc) is 3.05. The summed E-state index contributed by atoms with van der Waals surface area (Å²) in [6, 6.07) is 2.17. The second-order valence-corrected chi connectivity index (χ2v) is 5.87. The number of rotatable bonds is 4. The predicted molar refractivity (Wildman–Crippen MR) is 80.9 cm³/mol. The highest BCUT2D eigenvalue weighted by Gasteiger charge is 2.30. The van der Waals surface area contributed by atoms with E-state index in [0.717, 1.165) is 38.6 Å². The summed E-state index contributed by atoms with van der Waals surface area (Å²) in [5, 5.41) is 9.83. The van der Waals surface area contributed by atoms with Crippen molar-refractivity contribution in [1.82, 2.24) is 20.6 Å². The Morgan fingerprint density at radius 3 is 2.57 bits per heavy atom. The first-order valence-electron chi connectivity index (χ1n) is 7.90. The average molecular weight is 289 g/mol. The zero-order valence-electron chi connectivity index (χ0n) is 12.2. The van der Waals surface area contributed by atoms with Crippen LogP contribution in [0.3, 0.4) is 0 Å². The largest absolute Gasteiger partial charge is 0.350 e. The molecule has 1 saturated heterocycles. The van der Waals surface area contributed by atoms with Crippen molar-refractivity contribution < 1.29 is 4.79 Å². The number of aromatic nitrogens is 2. The van der Waals surface area contributed by atoms with Crippen molar-refractivity contribution in [3.8, 4) is 0 Å². The molecule has 2 aliphatic rings. The maximum Gasteiger partial charge on any atom is 0.237 e. The van der Waals surface area contributed by atoms with E-state index in [4.69, 9.17) is 0 Å². The number of hydrogen-bond donors (Lipinski definition) is 3. The predicted octanol–water partition coefficient (Wildman–Crippen LogP) is 1.07. The van der Waals surface area contributed by atoms with E-state index in [1.165, 1.54) is 6.42 Å². The van der Waals surface area contributed by atoms with Crippen LogP contribution < -0.4 is 16.0 Å². The molecule has 2 fully saturated rings.